The minimum absolute atomic E-state index is 0.0262. The Bertz CT molecular complexity index is 1360. The van der Waals surface area contributed by atoms with E-state index in [0.717, 1.165) is 7.11 Å². The van der Waals surface area contributed by atoms with E-state index >= 15 is 0 Å². The molecule has 1 saturated heterocycles. The van der Waals surface area contributed by atoms with E-state index in [1.807, 2.05) is 0 Å². The Labute approximate surface area is 224 Å². The number of ether oxygens (including phenoxy) is 3. The van der Waals surface area contributed by atoms with E-state index in [1.165, 1.54) is 24.3 Å². The quantitative estimate of drug-likeness (QED) is 0.302. The van der Waals surface area contributed by atoms with Crippen LogP contribution in [0.1, 0.15) is 88.1 Å². The van der Waals surface area contributed by atoms with Crippen LogP contribution in [0.4, 0.5) is 0 Å². The number of benzene rings is 2. The predicted molar refractivity (Wildman–Crippen MR) is 134 cm³/mol. The number of phenols is 2. The molecule has 1 aliphatic heterocycles. The summed E-state index contributed by atoms with van der Waals surface area (Å²) in [6.07, 6.45) is -3.60. The van der Waals surface area contributed by atoms with E-state index in [2.05, 4.69) is 0 Å². The number of methoxy groups -OCH3 is 1. The number of hydrogen-bond donors (Lipinski definition) is 5. The number of phenolic OH excluding ortho intramolecular Hbond substituents is 2. The molecular formula is C28H31NO10. The van der Waals surface area contributed by atoms with Crippen LogP contribution in [0.5, 0.6) is 11.5 Å². The van der Waals surface area contributed by atoms with Crippen molar-refractivity contribution in [3.8, 4) is 11.5 Å². The van der Waals surface area contributed by atoms with Crippen molar-refractivity contribution in [1.82, 2.24) is 0 Å². The molecule has 39 heavy (non-hydrogen) atoms. The molecule has 0 amide bonds. The molecule has 2 aromatic carbocycles. The van der Waals surface area contributed by atoms with Crippen LogP contribution in [0.25, 0.3) is 0 Å². The first kappa shape index (κ1) is 27.2. The van der Waals surface area contributed by atoms with Gasteiger partial charge in [-0.25, -0.2) is 0 Å². The Morgan fingerprint density at radius 1 is 1.18 bits per heavy atom. The van der Waals surface area contributed by atoms with Gasteiger partial charge >= 0.3 is 5.97 Å². The van der Waals surface area contributed by atoms with Gasteiger partial charge in [-0.1, -0.05) is 19.1 Å². The number of hydrogen-bond acceptors (Lipinski definition) is 11. The first-order valence-corrected chi connectivity index (χ1v) is 12.8. The molecule has 2 aliphatic carbocycles. The molecule has 11 nitrogen and oxygen atoms in total. The van der Waals surface area contributed by atoms with Crippen LogP contribution < -0.4 is 5.73 Å². The molecule has 0 aromatic heterocycles. The van der Waals surface area contributed by atoms with Crippen LogP contribution in [0, 0.1) is 0 Å². The largest absolute Gasteiger partial charge is 0.507 e. The van der Waals surface area contributed by atoms with Crippen molar-refractivity contribution in [2.45, 2.75) is 75.3 Å². The first-order valence-electron chi connectivity index (χ1n) is 12.8. The van der Waals surface area contributed by atoms with Gasteiger partial charge in [-0.15, -0.1) is 0 Å². The van der Waals surface area contributed by atoms with Gasteiger partial charge in [-0.2, -0.15) is 0 Å². The van der Waals surface area contributed by atoms with E-state index in [-0.39, 0.29) is 52.6 Å². The average molecular weight is 542 g/mol. The number of carbonyl (C=O) groups excluding carboxylic acids is 3. The number of rotatable bonds is 4. The monoisotopic (exact) mass is 541 g/mol. The van der Waals surface area contributed by atoms with Gasteiger partial charge in [0.2, 0.25) is 5.78 Å². The van der Waals surface area contributed by atoms with Crippen molar-refractivity contribution in [2.75, 3.05) is 7.11 Å². The maximum absolute atomic E-state index is 13.5. The van der Waals surface area contributed by atoms with E-state index in [4.69, 9.17) is 19.9 Å². The SMILES string of the molecule is CC[C@@]1(O)CC(O[C@H]2C[C@@H](N)[C@H](O)[C@H](C)O2)c2c(cc3c(c2O)C(=O)c2c(O)cccc2C3=O)[C@H]1C(=O)OC. The maximum Gasteiger partial charge on any atom is 0.316 e. The van der Waals surface area contributed by atoms with Gasteiger partial charge in [0.15, 0.2) is 12.1 Å². The van der Waals surface area contributed by atoms with Crippen LogP contribution in [0.2, 0.25) is 0 Å². The molecule has 7 atom stereocenters. The Hall–Kier alpha value is -3.35. The zero-order valence-corrected chi connectivity index (χ0v) is 21.7. The van der Waals surface area contributed by atoms with Gasteiger partial charge in [0.1, 0.15) is 17.4 Å². The number of aliphatic hydroxyl groups excluding tert-OH is 1. The fraction of sp³-hybridized carbons (Fsp3) is 0.464. The predicted octanol–water partition coefficient (Wildman–Crippen LogP) is 1.56. The second kappa shape index (κ2) is 9.68. The molecule has 6 N–H and O–H groups in total. The Kier molecular flexibility index (Phi) is 6.76. The minimum atomic E-state index is -1.70. The highest BCUT2D eigenvalue weighted by Crippen LogP contribution is 2.53. The van der Waals surface area contributed by atoms with Gasteiger partial charge in [-0.05, 0) is 31.0 Å². The summed E-state index contributed by atoms with van der Waals surface area (Å²) in [5.74, 6) is -4.51. The number of aliphatic hydroxyl groups is 2. The summed E-state index contributed by atoms with van der Waals surface area (Å²) in [5.41, 5.74) is 3.67. The van der Waals surface area contributed by atoms with Crippen molar-refractivity contribution in [3.63, 3.8) is 0 Å². The van der Waals surface area contributed by atoms with Crippen LogP contribution in [-0.2, 0) is 19.0 Å². The number of esters is 1. The molecular weight excluding hydrogens is 510 g/mol. The number of carbonyl (C=O) groups is 3. The third-order valence-electron chi connectivity index (χ3n) is 8.18. The Morgan fingerprint density at radius 2 is 1.90 bits per heavy atom. The smallest absolute Gasteiger partial charge is 0.316 e. The highest BCUT2D eigenvalue weighted by molar-refractivity contribution is 6.30. The normalized spacial score (nSPS) is 31.7. The van der Waals surface area contributed by atoms with E-state index in [9.17, 15) is 34.8 Å². The molecule has 208 valence electrons. The zero-order valence-electron chi connectivity index (χ0n) is 21.7. The number of ketones is 2. The molecule has 1 fully saturated rings. The number of fused-ring (bicyclic) bond motifs is 3. The highest BCUT2D eigenvalue weighted by Gasteiger charge is 2.53. The lowest BCUT2D eigenvalue weighted by Gasteiger charge is -2.45. The van der Waals surface area contributed by atoms with E-state index in [0.29, 0.717) is 0 Å². The van der Waals surface area contributed by atoms with Gasteiger partial charge in [0.05, 0.1) is 42.1 Å². The van der Waals surface area contributed by atoms with Crippen molar-refractivity contribution in [1.29, 1.82) is 0 Å². The maximum atomic E-state index is 13.5. The third kappa shape index (κ3) is 4.12. The van der Waals surface area contributed by atoms with Gasteiger partial charge in [-0.3, -0.25) is 14.4 Å². The third-order valence-corrected chi connectivity index (χ3v) is 8.18. The lowest BCUT2D eigenvalue weighted by atomic mass is 9.67. The lowest BCUT2D eigenvalue weighted by Crippen LogP contribution is -2.52. The first-order chi connectivity index (χ1) is 18.4. The summed E-state index contributed by atoms with van der Waals surface area (Å²) >= 11 is 0. The summed E-state index contributed by atoms with van der Waals surface area (Å²) in [6.45, 7) is 3.31. The number of aromatic hydroxyl groups is 2. The average Bonchev–Trinajstić information content (AvgIpc) is 2.89. The van der Waals surface area contributed by atoms with Crippen molar-refractivity contribution >= 4 is 17.5 Å². The molecule has 0 saturated carbocycles. The fourth-order valence-corrected chi connectivity index (χ4v) is 6.04. The van der Waals surface area contributed by atoms with Gasteiger partial charge in [0, 0.05) is 35.6 Å². The lowest BCUT2D eigenvalue weighted by molar-refractivity contribution is -0.248. The summed E-state index contributed by atoms with van der Waals surface area (Å²) in [4.78, 5) is 40.0. The fourth-order valence-electron chi connectivity index (χ4n) is 6.04. The van der Waals surface area contributed by atoms with Gasteiger partial charge < -0.3 is 40.4 Å². The van der Waals surface area contributed by atoms with Crippen LogP contribution in [-0.4, -0.2) is 75.2 Å². The Balaban J connectivity index is 1.71. The van der Waals surface area contributed by atoms with Crippen LogP contribution >= 0.6 is 0 Å². The second-order valence-corrected chi connectivity index (χ2v) is 10.4. The van der Waals surface area contributed by atoms with Crippen LogP contribution in [0.3, 0.4) is 0 Å². The summed E-state index contributed by atoms with van der Waals surface area (Å²) < 4.78 is 17.0. The van der Waals surface area contributed by atoms with Gasteiger partial charge in [0.25, 0.3) is 0 Å². The second-order valence-electron chi connectivity index (χ2n) is 10.4. The topological polar surface area (TPSA) is 186 Å². The molecule has 0 spiro atoms. The molecule has 0 radical (unpaired) electrons. The molecule has 0 bridgehead atoms. The zero-order chi connectivity index (χ0) is 28.4. The van der Waals surface area contributed by atoms with E-state index in [1.54, 1.807) is 13.8 Å². The highest BCUT2D eigenvalue weighted by atomic mass is 16.7. The van der Waals surface area contributed by atoms with E-state index < -0.39 is 71.2 Å². The van der Waals surface area contributed by atoms with Crippen LogP contribution in [0.15, 0.2) is 24.3 Å². The Morgan fingerprint density at radius 3 is 2.54 bits per heavy atom. The molecule has 5 rings (SSSR count). The van der Waals surface area contributed by atoms with Crippen molar-refractivity contribution < 1.29 is 49.0 Å². The molecule has 1 unspecified atom stereocenters. The summed E-state index contributed by atoms with van der Waals surface area (Å²) in [6, 6.07) is 4.73. The molecule has 1 heterocycles. The molecule has 2 aromatic rings. The number of nitrogens with two attached hydrogens (primary N) is 1. The standard InChI is InChI=1S/C28H31NO10/c1-4-28(36)10-17(39-18-9-15(29)23(31)11(2)38-18)20-13(22(28)27(35)37-3)8-14-21(26(20)34)25(33)19-12(24(14)32)6-5-7-16(19)30/h5-8,11,15,17-18,22-23,30-31,34,36H,4,9-10,29H2,1-3H3/t11-,15+,17?,18-,22-,23+,28+/m0/s1. The van der Waals surface area contributed by atoms with Crippen molar-refractivity contribution in [2.24, 2.45) is 5.73 Å². The minimum Gasteiger partial charge on any atom is -0.507 e. The summed E-state index contributed by atoms with van der Waals surface area (Å²) in [7, 11) is 1.16. The summed E-state index contributed by atoms with van der Waals surface area (Å²) in [5, 5.41) is 43.8. The molecule has 11 heteroatoms. The van der Waals surface area contributed by atoms with Crippen molar-refractivity contribution in [3.05, 3.63) is 57.6 Å². The molecule has 3 aliphatic rings.